The quantitative estimate of drug-likeness (QED) is 0.643. The number of benzene rings is 2. The van der Waals surface area contributed by atoms with E-state index < -0.39 is 6.10 Å². The summed E-state index contributed by atoms with van der Waals surface area (Å²) in [4.78, 5) is 17.0. The predicted molar refractivity (Wildman–Crippen MR) is 101 cm³/mol. The largest absolute Gasteiger partial charge is 0.451 e. The molecule has 1 heterocycles. The first-order valence-electron chi connectivity index (χ1n) is 9.05. The maximum absolute atomic E-state index is 12.6. The van der Waals surface area contributed by atoms with Crippen molar-refractivity contribution in [3.05, 3.63) is 101 Å². The van der Waals surface area contributed by atoms with Gasteiger partial charge in [0.2, 0.25) is 0 Å². The van der Waals surface area contributed by atoms with Crippen molar-refractivity contribution < 1.29 is 9.53 Å². The van der Waals surface area contributed by atoms with E-state index in [1.165, 1.54) is 17.5 Å². The third-order valence-electron chi connectivity index (χ3n) is 4.82. The van der Waals surface area contributed by atoms with E-state index in [2.05, 4.69) is 17.1 Å². The Morgan fingerprint density at radius 1 is 0.962 bits per heavy atom. The first-order chi connectivity index (χ1) is 12.8. The number of carbonyl (C=O) groups excluding carboxylic acids is 1. The van der Waals surface area contributed by atoms with Crippen LogP contribution >= 0.6 is 0 Å². The zero-order valence-electron chi connectivity index (χ0n) is 14.6. The van der Waals surface area contributed by atoms with Gasteiger partial charge in [-0.05, 0) is 53.6 Å². The van der Waals surface area contributed by atoms with Crippen molar-refractivity contribution in [1.29, 1.82) is 0 Å². The van der Waals surface area contributed by atoms with Gasteiger partial charge in [0.1, 0.15) is 0 Å². The fourth-order valence-electron chi connectivity index (χ4n) is 3.53. The maximum atomic E-state index is 12.6. The molecule has 1 aliphatic carbocycles. The highest BCUT2D eigenvalue weighted by molar-refractivity contribution is 5.73. The second kappa shape index (κ2) is 7.52. The van der Waals surface area contributed by atoms with Gasteiger partial charge >= 0.3 is 5.97 Å². The van der Waals surface area contributed by atoms with Gasteiger partial charge in [-0.3, -0.25) is 9.78 Å². The number of ether oxygens (including phenoxy) is 1. The fourth-order valence-corrected chi connectivity index (χ4v) is 3.53. The molecule has 0 N–H and O–H groups in total. The van der Waals surface area contributed by atoms with Crippen LogP contribution in [0.5, 0.6) is 0 Å². The SMILES string of the molecule is O=C(Cc1ccc2c(c1)CCC2)OC(c1ccccc1)c1ccccn1. The second-order valence-electron chi connectivity index (χ2n) is 6.67. The molecular weight excluding hydrogens is 322 g/mol. The molecule has 3 aromatic rings. The highest BCUT2D eigenvalue weighted by Gasteiger charge is 2.21. The fraction of sp³-hybridized carbons (Fsp3) is 0.217. The Morgan fingerprint density at radius 2 is 1.77 bits per heavy atom. The highest BCUT2D eigenvalue weighted by atomic mass is 16.5. The topological polar surface area (TPSA) is 39.2 Å². The molecule has 2 aromatic carbocycles. The first-order valence-corrected chi connectivity index (χ1v) is 9.05. The van der Waals surface area contributed by atoms with E-state index in [1.807, 2.05) is 54.6 Å². The Labute approximate surface area is 153 Å². The smallest absolute Gasteiger partial charge is 0.311 e. The number of esters is 1. The summed E-state index contributed by atoms with van der Waals surface area (Å²) in [5.41, 5.74) is 5.47. The molecule has 1 unspecified atom stereocenters. The van der Waals surface area contributed by atoms with Crippen molar-refractivity contribution >= 4 is 5.97 Å². The van der Waals surface area contributed by atoms with Gasteiger partial charge in [0.15, 0.2) is 6.10 Å². The van der Waals surface area contributed by atoms with Gasteiger partial charge in [-0.1, -0.05) is 54.6 Å². The van der Waals surface area contributed by atoms with Crippen molar-refractivity contribution in [3.8, 4) is 0 Å². The summed E-state index contributed by atoms with van der Waals surface area (Å²) in [5, 5.41) is 0. The summed E-state index contributed by atoms with van der Waals surface area (Å²) in [6.07, 6.45) is 4.98. The number of aryl methyl sites for hydroxylation is 2. The summed E-state index contributed by atoms with van der Waals surface area (Å²) in [6, 6.07) is 21.8. The molecule has 1 aromatic heterocycles. The number of aromatic nitrogens is 1. The van der Waals surface area contributed by atoms with Gasteiger partial charge in [-0.15, -0.1) is 0 Å². The summed E-state index contributed by atoms with van der Waals surface area (Å²) in [6.45, 7) is 0. The van der Waals surface area contributed by atoms with E-state index in [9.17, 15) is 4.79 Å². The molecule has 4 rings (SSSR count). The molecule has 0 amide bonds. The maximum Gasteiger partial charge on any atom is 0.311 e. The Morgan fingerprint density at radius 3 is 2.58 bits per heavy atom. The van der Waals surface area contributed by atoms with E-state index in [4.69, 9.17) is 4.74 Å². The van der Waals surface area contributed by atoms with Crippen LogP contribution in [0.1, 0.15) is 40.5 Å². The molecule has 1 atom stereocenters. The van der Waals surface area contributed by atoms with E-state index in [0.29, 0.717) is 0 Å². The molecule has 0 bridgehead atoms. The van der Waals surface area contributed by atoms with Crippen LogP contribution < -0.4 is 0 Å². The Bertz CT molecular complexity index is 851. The second-order valence-corrected chi connectivity index (χ2v) is 6.67. The van der Waals surface area contributed by atoms with Gasteiger partial charge < -0.3 is 4.74 Å². The zero-order chi connectivity index (χ0) is 17.8. The van der Waals surface area contributed by atoms with E-state index in [-0.39, 0.29) is 12.4 Å². The number of hydrogen-bond donors (Lipinski definition) is 0. The number of hydrogen-bond acceptors (Lipinski definition) is 3. The van der Waals surface area contributed by atoms with Gasteiger partial charge in [0, 0.05) is 6.20 Å². The molecule has 0 saturated carbocycles. The molecule has 26 heavy (non-hydrogen) atoms. The third-order valence-corrected chi connectivity index (χ3v) is 4.82. The molecule has 0 fully saturated rings. The Balaban J connectivity index is 1.53. The Hall–Kier alpha value is -2.94. The molecular formula is C23H21NO2. The minimum atomic E-state index is -0.487. The van der Waals surface area contributed by atoms with Crippen LogP contribution in [0.3, 0.4) is 0 Å². The summed E-state index contributed by atoms with van der Waals surface area (Å²) in [7, 11) is 0. The predicted octanol–water partition coefficient (Wildman–Crippen LogP) is 4.45. The molecule has 0 aliphatic heterocycles. The normalized spacial score (nSPS) is 13.8. The van der Waals surface area contributed by atoms with Gasteiger partial charge in [-0.2, -0.15) is 0 Å². The average Bonchev–Trinajstić information content (AvgIpc) is 3.15. The van der Waals surface area contributed by atoms with Crippen molar-refractivity contribution in [2.45, 2.75) is 31.8 Å². The monoisotopic (exact) mass is 343 g/mol. The summed E-state index contributed by atoms with van der Waals surface area (Å²) >= 11 is 0. The number of nitrogens with zero attached hydrogens (tertiary/aromatic N) is 1. The molecule has 3 heteroatoms. The lowest BCUT2D eigenvalue weighted by Gasteiger charge is -2.18. The standard InChI is InChI=1S/C23H21NO2/c25-22(16-17-12-13-18-9-6-10-20(18)15-17)26-23(19-7-2-1-3-8-19)21-11-4-5-14-24-21/h1-5,7-8,11-15,23H,6,9-10,16H2. The lowest BCUT2D eigenvalue weighted by Crippen LogP contribution is -2.15. The minimum absolute atomic E-state index is 0.234. The minimum Gasteiger partial charge on any atom is -0.451 e. The van der Waals surface area contributed by atoms with Crippen molar-refractivity contribution in [1.82, 2.24) is 4.98 Å². The van der Waals surface area contributed by atoms with E-state index in [0.717, 1.165) is 29.7 Å². The third kappa shape index (κ3) is 3.67. The highest BCUT2D eigenvalue weighted by Crippen LogP contribution is 2.26. The molecule has 0 spiro atoms. The first kappa shape index (κ1) is 16.5. The Kier molecular flexibility index (Phi) is 4.78. The lowest BCUT2D eigenvalue weighted by atomic mass is 10.0. The van der Waals surface area contributed by atoms with E-state index in [1.54, 1.807) is 6.20 Å². The van der Waals surface area contributed by atoms with Gasteiger partial charge in [-0.25, -0.2) is 0 Å². The summed E-state index contributed by atoms with van der Waals surface area (Å²) < 4.78 is 5.84. The van der Waals surface area contributed by atoms with Crippen LogP contribution in [0.4, 0.5) is 0 Å². The molecule has 0 radical (unpaired) electrons. The number of pyridine rings is 1. The van der Waals surface area contributed by atoms with Crippen LogP contribution in [0.15, 0.2) is 72.9 Å². The van der Waals surface area contributed by atoms with Crippen molar-refractivity contribution in [2.24, 2.45) is 0 Å². The van der Waals surface area contributed by atoms with Crippen LogP contribution in [0.25, 0.3) is 0 Å². The van der Waals surface area contributed by atoms with Crippen molar-refractivity contribution in [3.63, 3.8) is 0 Å². The zero-order valence-corrected chi connectivity index (χ0v) is 14.6. The van der Waals surface area contributed by atoms with Crippen LogP contribution in [-0.4, -0.2) is 11.0 Å². The van der Waals surface area contributed by atoms with Crippen molar-refractivity contribution in [2.75, 3.05) is 0 Å². The molecule has 3 nitrogen and oxygen atoms in total. The molecule has 130 valence electrons. The lowest BCUT2D eigenvalue weighted by molar-refractivity contribution is -0.146. The summed E-state index contributed by atoms with van der Waals surface area (Å²) in [5.74, 6) is -0.234. The van der Waals surface area contributed by atoms with Crippen LogP contribution in [-0.2, 0) is 28.8 Å². The van der Waals surface area contributed by atoms with E-state index >= 15 is 0 Å². The van der Waals surface area contributed by atoms with Gasteiger partial charge in [0.05, 0.1) is 12.1 Å². The number of carbonyl (C=O) groups is 1. The van der Waals surface area contributed by atoms with Crippen LogP contribution in [0.2, 0.25) is 0 Å². The molecule has 0 saturated heterocycles. The van der Waals surface area contributed by atoms with Crippen LogP contribution in [0, 0.1) is 0 Å². The van der Waals surface area contributed by atoms with Gasteiger partial charge in [0.25, 0.3) is 0 Å². The molecule has 1 aliphatic rings. The average molecular weight is 343 g/mol. The number of fused-ring (bicyclic) bond motifs is 1. The number of rotatable bonds is 5.